The van der Waals surface area contributed by atoms with E-state index in [2.05, 4.69) is 10.6 Å². The first-order chi connectivity index (χ1) is 9.85. The third kappa shape index (κ3) is 4.76. The van der Waals surface area contributed by atoms with Crippen LogP contribution in [0, 0.1) is 6.92 Å². The normalized spacial score (nSPS) is 12.0. The van der Waals surface area contributed by atoms with E-state index in [1.165, 1.54) is 13.1 Å². The summed E-state index contributed by atoms with van der Waals surface area (Å²) < 4.78 is 0. The average molecular weight is 290 g/mol. The van der Waals surface area contributed by atoms with Gasteiger partial charge in [-0.3, -0.25) is 9.59 Å². The highest BCUT2D eigenvalue weighted by Crippen LogP contribution is 2.13. The maximum absolute atomic E-state index is 12.0. The van der Waals surface area contributed by atoms with Gasteiger partial charge in [0.05, 0.1) is 0 Å². The second kappa shape index (κ2) is 7.23. The van der Waals surface area contributed by atoms with Crippen LogP contribution in [0.3, 0.4) is 0 Å². The van der Waals surface area contributed by atoms with Gasteiger partial charge in [-0.05, 0) is 43.2 Å². The molecule has 21 heavy (non-hydrogen) atoms. The predicted octanol–water partition coefficient (Wildman–Crippen LogP) is 0.957. The summed E-state index contributed by atoms with van der Waals surface area (Å²) in [7, 11) is 1.49. The number of aliphatic carboxylic acids is 1. The standard InChI is InChI=1S/C15H18N2O4/c1-9-4-5-12(8-11(9)6-7-13(18)19)15(21)17-10(2)14(20)16-3/h4-8,10H,1-3H3,(H,16,20)(H,17,21)(H,18,19)/b7-6+. The monoisotopic (exact) mass is 290 g/mol. The van der Waals surface area contributed by atoms with E-state index in [1.54, 1.807) is 25.1 Å². The number of aryl methyl sites for hydroxylation is 1. The fourth-order valence-electron chi connectivity index (χ4n) is 1.68. The van der Waals surface area contributed by atoms with E-state index < -0.39 is 17.9 Å². The minimum absolute atomic E-state index is 0.290. The zero-order valence-electron chi connectivity index (χ0n) is 12.1. The molecule has 3 N–H and O–H groups in total. The van der Waals surface area contributed by atoms with Crippen LogP contribution >= 0.6 is 0 Å². The van der Waals surface area contributed by atoms with Crippen LogP contribution < -0.4 is 10.6 Å². The van der Waals surface area contributed by atoms with Gasteiger partial charge < -0.3 is 15.7 Å². The molecular weight excluding hydrogens is 272 g/mol. The zero-order chi connectivity index (χ0) is 16.0. The van der Waals surface area contributed by atoms with Gasteiger partial charge in [-0.15, -0.1) is 0 Å². The molecule has 6 nitrogen and oxygen atoms in total. The van der Waals surface area contributed by atoms with Gasteiger partial charge in [0.1, 0.15) is 6.04 Å². The summed E-state index contributed by atoms with van der Waals surface area (Å²) in [5.74, 6) is -1.74. The summed E-state index contributed by atoms with van der Waals surface area (Å²) in [5, 5.41) is 13.7. The Hall–Kier alpha value is -2.63. The lowest BCUT2D eigenvalue weighted by Crippen LogP contribution is -2.43. The van der Waals surface area contributed by atoms with Gasteiger partial charge in [0.25, 0.3) is 5.91 Å². The number of carbonyl (C=O) groups excluding carboxylic acids is 2. The molecule has 0 spiro atoms. The van der Waals surface area contributed by atoms with Crippen molar-refractivity contribution in [3.05, 3.63) is 41.0 Å². The highest BCUT2D eigenvalue weighted by Gasteiger charge is 2.15. The number of carbonyl (C=O) groups is 3. The fourth-order valence-corrected chi connectivity index (χ4v) is 1.68. The van der Waals surface area contributed by atoms with Crippen molar-refractivity contribution < 1.29 is 19.5 Å². The highest BCUT2D eigenvalue weighted by molar-refractivity contribution is 5.98. The SMILES string of the molecule is CNC(=O)C(C)NC(=O)c1ccc(C)c(/C=C/C(=O)O)c1. The lowest BCUT2D eigenvalue weighted by atomic mass is 10.0. The molecule has 0 saturated carbocycles. The van der Waals surface area contributed by atoms with Crippen LogP contribution in [0.2, 0.25) is 0 Å². The average Bonchev–Trinajstić information content (AvgIpc) is 2.45. The number of likely N-dealkylation sites (N-methyl/N-ethyl adjacent to an activating group) is 1. The quantitative estimate of drug-likeness (QED) is 0.704. The Morgan fingerprint density at radius 2 is 1.95 bits per heavy atom. The van der Waals surface area contributed by atoms with Gasteiger partial charge in [0, 0.05) is 18.7 Å². The molecule has 0 radical (unpaired) electrons. The summed E-state index contributed by atoms with van der Waals surface area (Å²) in [6.07, 6.45) is 2.44. The molecule has 112 valence electrons. The number of benzene rings is 1. The van der Waals surface area contributed by atoms with Crippen LogP contribution in [-0.4, -0.2) is 36.0 Å². The third-order valence-corrected chi connectivity index (χ3v) is 2.93. The predicted molar refractivity (Wildman–Crippen MR) is 78.8 cm³/mol. The van der Waals surface area contributed by atoms with Crippen molar-refractivity contribution in [2.24, 2.45) is 0 Å². The summed E-state index contributed by atoms with van der Waals surface area (Å²) in [4.78, 5) is 34.0. The van der Waals surface area contributed by atoms with E-state index in [9.17, 15) is 14.4 Å². The van der Waals surface area contributed by atoms with E-state index in [4.69, 9.17) is 5.11 Å². The molecule has 1 rings (SSSR count). The van der Waals surface area contributed by atoms with Crippen LogP contribution in [-0.2, 0) is 9.59 Å². The van der Waals surface area contributed by atoms with Crippen molar-refractivity contribution in [3.8, 4) is 0 Å². The first-order valence-corrected chi connectivity index (χ1v) is 6.39. The van der Waals surface area contributed by atoms with E-state index in [1.807, 2.05) is 6.92 Å². The first-order valence-electron chi connectivity index (χ1n) is 6.39. The Morgan fingerprint density at radius 3 is 2.52 bits per heavy atom. The fraction of sp³-hybridized carbons (Fsp3) is 0.267. The second-order valence-corrected chi connectivity index (χ2v) is 4.55. The number of hydrogen-bond donors (Lipinski definition) is 3. The van der Waals surface area contributed by atoms with E-state index >= 15 is 0 Å². The summed E-state index contributed by atoms with van der Waals surface area (Å²) in [5.41, 5.74) is 1.85. The summed E-state index contributed by atoms with van der Waals surface area (Å²) in [6.45, 7) is 3.40. The van der Waals surface area contributed by atoms with E-state index in [-0.39, 0.29) is 5.91 Å². The molecule has 6 heteroatoms. The number of nitrogens with one attached hydrogen (secondary N) is 2. The number of hydrogen-bond acceptors (Lipinski definition) is 3. The van der Waals surface area contributed by atoms with E-state index in [0.717, 1.165) is 11.6 Å². The van der Waals surface area contributed by atoms with Crippen LogP contribution in [0.25, 0.3) is 6.08 Å². The number of amides is 2. The van der Waals surface area contributed by atoms with Gasteiger partial charge in [0.2, 0.25) is 5.91 Å². The number of rotatable bonds is 5. The van der Waals surface area contributed by atoms with E-state index in [0.29, 0.717) is 11.1 Å². The van der Waals surface area contributed by atoms with Crippen LogP contribution in [0.5, 0.6) is 0 Å². The Bertz CT molecular complexity index is 593. The lowest BCUT2D eigenvalue weighted by Gasteiger charge is -2.13. The largest absolute Gasteiger partial charge is 0.478 e. The molecule has 0 aliphatic heterocycles. The van der Waals surface area contributed by atoms with Gasteiger partial charge in [0.15, 0.2) is 0 Å². The van der Waals surface area contributed by atoms with Crippen molar-refractivity contribution in [1.82, 2.24) is 10.6 Å². The van der Waals surface area contributed by atoms with Gasteiger partial charge in [-0.2, -0.15) is 0 Å². The zero-order valence-corrected chi connectivity index (χ0v) is 12.1. The molecule has 1 aromatic rings. The van der Waals surface area contributed by atoms with Crippen LogP contribution in [0.15, 0.2) is 24.3 Å². The maximum atomic E-state index is 12.0. The summed E-state index contributed by atoms with van der Waals surface area (Å²) in [6, 6.07) is 4.28. The molecule has 0 saturated heterocycles. The maximum Gasteiger partial charge on any atom is 0.328 e. The van der Waals surface area contributed by atoms with Crippen molar-refractivity contribution in [3.63, 3.8) is 0 Å². The molecule has 1 aromatic carbocycles. The third-order valence-electron chi connectivity index (χ3n) is 2.93. The topological polar surface area (TPSA) is 95.5 Å². The van der Waals surface area contributed by atoms with Crippen LogP contribution in [0.1, 0.15) is 28.4 Å². The van der Waals surface area contributed by atoms with Crippen LogP contribution in [0.4, 0.5) is 0 Å². The first kappa shape index (κ1) is 16.4. The Morgan fingerprint density at radius 1 is 1.29 bits per heavy atom. The van der Waals surface area contributed by atoms with Crippen molar-refractivity contribution in [2.45, 2.75) is 19.9 Å². The molecule has 0 aliphatic carbocycles. The molecule has 0 aromatic heterocycles. The lowest BCUT2D eigenvalue weighted by molar-refractivity contribution is -0.131. The van der Waals surface area contributed by atoms with Crippen molar-refractivity contribution in [1.29, 1.82) is 0 Å². The molecule has 0 heterocycles. The second-order valence-electron chi connectivity index (χ2n) is 4.55. The molecule has 1 unspecified atom stereocenters. The number of carboxylic acid groups (broad SMARTS) is 1. The Kier molecular flexibility index (Phi) is 5.66. The van der Waals surface area contributed by atoms with Crippen molar-refractivity contribution in [2.75, 3.05) is 7.05 Å². The minimum Gasteiger partial charge on any atom is -0.478 e. The summed E-state index contributed by atoms with van der Waals surface area (Å²) >= 11 is 0. The van der Waals surface area contributed by atoms with Gasteiger partial charge in [-0.1, -0.05) is 6.07 Å². The molecule has 0 bridgehead atoms. The Labute approximate surface area is 122 Å². The molecule has 0 aliphatic rings. The number of carboxylic acids is 1. The molecule has 1 atom stereocenters. The molecule has 0 fully saturated rings. The highest BCUT2D eigenvalue weighted by atomic mass is 16.4. The van der Waals surface area contributed by atoms with Crippen molar-refractivity contribution >= 4 is 23.9 Å². The minimum atomic E-state index is -1.06. The van der Waals surface area contributed by atoms with Gasteiger partial charge in [-0.25, -0.2) is 4.79 Å². The molecular formula is C15H18N2O4. The molecule has 2 amide bonds. The van der Waals surface area contributed by atoms with Gasteiger partial charge >= 0.3 is 5.97 Å². The smallest absolute Gasteiger partial charge is 0.328 e. The Balaban J connectivity index is 2.93.